The Hall–Kier alpha value is -2.64. The molecule has 1 aromatic heterocycles. The molecule has 32 heavy (non-hydrogen) atoms. The van der Waals surface area contributed by atoms with Gasteiger partial charge in [-0.05, 0) is 48.6 Å². The van der Waals surface area contributed by atoms with E-state index in [9.17, 15) is 14.7 Å². The van der Waals surface area contributed by atoms with E-state index in [2.05, 4.69) is 4.90 Å². The van der Waals surface area contributed by atoms with Crippen LogP contribution >= 0.6 is 0 Å². The maximum atomic E-state index is 13.5. The molecule has 0 radical (unpaired) electrons. The molecule has 3 aliphatic rings. The summed E-state index contributed by atoms with van der Waals surface area (Å²) in [4.78, 5) is 30.6. The Morgan fingerprint density at radius 3 is 2.66 bits per heavy atom. The van der Waals surface area contributed by atoms with E-state index in [0.717, 1.165) is 17.8 Å². The molecule has 3 heterocycles. The molecule has 0 spiro atoms. The van der Waals surface area contributed by atoms with Gasteiger partial charge in [-0.2, -0.15) is 0 Å². The van der Waals surface area contributed by atoms with Crippen molar-refractivity contribution in [1.29, 1.82) is 0 Å². The minimum absolute atomic E-state index is 0.0197. The number of likely N-dealkylation sites (N-methyl/N-ethyl adjacent to an activating group) is 1. The Labute approximate surface area is 188 Å². The minimum atomic E-state index is -0.340. The van der Waals surface area contributed by atoms with Gasteiger partial charge in [0.2, 0.25) is 5.91 Å². The standard InChI is InChI=1S/C25H31N3O4/c1-26(2)25(31)23-20(14-29)19-13-27-21(22(19)28(23)12-15-7-8-15)10-9-18(24(27)30)16-5-4-6-17(11-16)32-3/h4-6,9-11,15,19-20,22-23,29H,7-8,12-14H2,1-3H3/t19-,20-,22+,23-/m1/s1. The SMILES string of the molecule is COc1cccc(-c2ccc3n(c2=O)C[C@@H]2[C@@H](CO)[C@H](C(=O)N(C)C)N(CC4CC4)[C@H]32)c1. The molecule has 1 aromatic carbocycles. The van der Waals surface area contributed by atoms with Crippen molar-refractivity contribution < 1.29 is 14.6 Å². The second kappa shape index (κ2) is 8.05. The maximum Gasteiger partial charge on any atom is 0.258 e. The quantitative estimate of drug-likeness (QED) is 0.748. The highest BCUT2D eigenvalue weighted by Gasteiger charge is 2.56. The molecule has 0 bridgehead atoms. The summed E-state index contributed by atoms with van der Waals surface area (Å²) in [7, 11) is 5.17. The van der Waals surface area contributed by atoms with Crippen molar-refractivity contribution in [2.75, 3.05) is 34.4 Å². The topological polar surface area (TPSA) is 75.0 Å². The molecule has 1 saturated heterocycles. The van der Waals surface area contributed by atoms with Crippen molar-refractivity contribution in [3.8, 4) is 16.9 Å². The molecular formula is C25H31N3O4. The van der Waals surface area contributed by atoms with E-state index >= 15 is 0 Å². The highest BCUT2D eigenvalue weighted by atomic mass is 16.5. The molecule has 4 atom stereocenters. The number of aliphatic hydroxyl groups excluding tert-OH is 1. The number of nitrogens with zero attached hydrogens (tertiary/aromatic N) is 3. The fraction of sp³-hybridized carbons (Fsp3) is 0.520. The summed E-state index contributed by atoms with van der Waals surface area (Å²) in [5, 5.41) is 10.3. The second-order valence-electron chi connectivity index (χ2n) is 9.59. The number of hydrogen-bond acceptors (Lipinski definition) is 5. The van der Waals surface area contributed by atoms with Gasteiger partial charge in [0.15, 0.2) is 0 Å². The highest BCUT2D eigenvalue weighted by Crippen LogP contribution is 2.51. The van der Waals surface area contributed by atoms with Crippen LogP contribution in [0, 0.1) is 17.8 Å². The zero-order valence-corrected chi connectivity index (χ0v) is 18.9. The zero-order chi connectivity index (χ0) is 22.6. The second-order valence-corrected chi connectivity index (χ2v) is 9.59. The molecule has 2 fully saturated rings. The van der Waals surface area contributed by atoms with Crippen LogP contribution in [0.15, 0.2) is 41.2 Å². The van der Waals surface area contributed by atoms with Crippen molar-refractivity contribution in [1.82, 2.24) is 14.4 Å². The Kier molecular flexibility index (Phi) is 5.34. The third-order valence-corrected chi connectivity index (χ3v) is 7.43. The van der Waals surface area contributed by atoms with Gasteiger partial charge < -0.3 is 19.3 Å². The van der Waals surface area contributed by atoms with Crippen LogP contribution in [0.3, 0.4) is 0 Å². The first-order valence-corrected chi connectivity index (χ1v) is 11.4. The number of fused-ring (bicyclic) bond motifs is 3. The fourth-order valence-corrected chi connectivity index (χ4v) is 5.67. The van der Waals surface area contributed by atoms with Crippen LogP contribution in [0.4, 0.5) is 0 Å². The van der Waals surface area contributed by atoms with Gasteiger partial charge in [-0.15, -0.1) is 0 Å². The fourth-order valence-electron chi connectivity index (χ4n) is 5.67. The van der Waals surface area contributed by atoms with Gasteiger partial charge in [-0.3, -0.25) is 14.5 Å². The van der Waals surface area contributed by atoms with E-state index in [1.165, 1.54) is 12.8 Å². The number of pyridine rings is 1. The predicted octanol–water partition coefficient (Wildman–Crippen LogP) is 1.99. The van der Waals surface area contributed by atoms with Crippen LogP contribution in [0.1, 0.15) is 24.6 Å². The van der Waals surface area contributed by atoms with Gasteiger partial charge in [0, 0.05) is 56.9 Å². The van der Waals surface area contributed by atoms with Gasteiger partial charge >= 0.3 is 0 Å². The molecule has 1 saturated carbocycles. The van der Waals surface area contributed by atoms with E-state index in [0.29, 0.717) is 23.8 Å². The Bertz CT molecular complexity index is 1090. The third kappa shape index (κ3) is 3.35. The molecule has 0 unspecified atom stereocenters. The molecule has 2 aromatic rings. The minimum Gasteiger partial charge on any atom is -0.497 e. The first-order valence-electron chi connectivity index (χ1n) is 11.4. The number of benzene rings is 1. The number of amides is 1. The molecule has 170 valence electrons. The summed E-state index contributed by atoms with van der Waals surface area (Å²) < 4.78 is 7.19. The van der Waals surface area contributed by atoms with Crippen molar-refractivity contribution in [2.24, 2.45) is 17.8 Å². The Morgan fingerprint density at radius 2 is 2.00 bits per heavy atom. The summed E-state index contributed by atoms with van der Waals surface area (Å²) in [6.45, 7) is 1.31. The van der Waals surface area contributed by atoms with Crippen molar-refractivity contribution >= 4 is 5.91 Å². The van der Waals surface area contributed by atoms with Gasteiger partial charge in [-0.1, -0.05) is 12.1 Å². The van der Waals surface area contributed by atoms with E-state index in [1.54, 1.807) is 26.1 Å². The Morgan fingerprint density at radius 1 is 1.22 bits per heavy atom. The van der Waals surface area contributed by atoms with Gasteiger partial charge in [-0.25, -0.2) is 0 Å². The molecular weight excluding hydrogens is 406 g/mol. The average molecular weight is 438 g/mol. The molecule has 7 heteroatoms. The number of aliphatic hydroxyl groups is 1. The summed E-state index contributed by atoms with van der Waals surface area (Å²) >= 11 is 0. The van der Waals surface area contributed by atoms with Crippen molar-refractivity contribution in [2.45, 2.75) is 31.5 Å². The van der Waals surface area contributed by atoms with E-state index in [4.69, 9.17) is 4.74 Å². The van der Waals surface area contributed by atoms with Crippen molar-refractivity contribution in [3.05, 3.63) is 52.4 Å². The summed E-state index contributed by atoms with van der Waals surface area (Å²) in [6.07, 6.45) is 2.37. The van der Waals surface area contributed by atoms with Crippen LogP contribution in [-0.4, -0.2) is 65.8 Å². The van der Waals surface area contributed by atoms with Crippen LogP contribution in [0.25, 0.3) is 11.1 Å². The normalized spacial score (nSPS) is 26.6. The van der Waals surface area contributed by atoms with Gasteiger partial charge in [0.25, 0.3) is 5.56 Å². The smallest absolute Gasteiger partial charge is 0.258 e. The lowest BCUT2D eigenvalue weighted by molar-refractivity contribution is -0.135. The number of hydrogen-bond donors (Lipinski definition) is 1. The molecule has 7 nitrogen and oxygen atoms in total. The number of methoxy groups -OCH3 is 1. The number of ether oxygens (including phenoxy) is 1. The number of likely N-dealkylation sites (tertiary alicyclic amines) is 1. The molecule has 1 amide bonds. The molecule has 2 aliphatic heterocycles. The lowest BCUT2D eigenvalue weighted by Crippen LogP contribution is -2.48. The first kappa shape index (κ1) is 21.2. The zero-order valence-electron chi connectivity index (χ0n) is 18.9. The molecule has 1 aliphatic carbocycles. The lowest BCUT2D eigenvalue weighted by Gasteiger charge is -2.32. The predicted molar refractivity (Wildman–Crippen MR) is 121 cm³/mol. The van der Waals surface area contributed by atoms with Crippen molar-refractivity contribution in [3.63, 3.8) is 0 Å². The highest BCUT2D eigenvalue weighted by molar-refractivity contribution is 5.82. The number of rotatable bonds is 6. The third-order valence-electron chi connectivity index (χ3n) is 7.43. The number of aromatic nitrogens is 1. The molecule has 1 N–H and O–H groups in total. The Balaban J connectivity index is 1.57. The summed E-state index contributed by atoms with van der Waals surface area (Å²) in [6, 6.07) is 11.1. The van der Waals surface area contributed by atoms with E-state index < -0.39 is 0 Å². The van der Waals surface area contributed by atoms with Gasteiger partial charge in [0.05, 0.1) is 19.2 Å². The van der Waals surface area contributed by atoms with Crippen LogP contribution in [0.2, 0.25) is 0 Å². The van der Waals surface area contributed by atoms with E-state index in [1.807, 2.05) is 41.0 Å². The maximum absolute atomic E-state index is 13.5. The average Bonchev–Trinajstić information content (AvgIpc) is 3.45. The molecule has 5 rings (SSSR count). The van der Waals surface area contributed by atoms with Gasteiger partial charge in [0.1, 0.15) is 5.75 Å². The summed E-state index contributed by atoms with van der Waals surface area (Å²) in [5.74, 6) is 1.21. The monoisotopic (exact) mass is 437 g/mol. The van der Waals surface area contributed by atoms with Crippen LogP contribution in [-0.2, 0) is 11.3 Å². The lowest BCUT2D eigenvalue weighted by atomic mass is 9.88. The van der Waals surface area contributed by atoms with Crippen LogP contribution in [0.5, 0.6) is 5.75 Å². The number of carbonyl (C=O) groups is 1. The summed E-state index contributed by atoms with van der Waals surface area (Å²) in [5.41, 5.74) is 2.40. The number of carbonyl (C=O) groups excluding carboxylic acids is 1. The first-order chi connectivity index (χ1) is 15.4. The van der Waals surface area contributed by atoms with E-state index in [-0.39, 0.29) is 42.0 Å². The van der Waals surface area contributed by atoms with Crippen LogP contribution < -0.4 is 10.3 Å². The largest absolute Gasteiger partial charge is 0.497 e.